The number of nitrogens with one attached hydrogen (secondary N) is 1. The number of methoxy groups -OCH3 is 3. The average Bonchev–Trinajstić information content (AvgIpc) is 3.53. The van der Waals surface area contributed by atoms with Crippen molar-refractivity contribution in [1.82, 2.24) is 10.2 Å². The third-order valence-corrected chi connectivity index (χ3v) is 9.78. The predicted molar refractivity (Wildman–Crippen MR) is 191 cm³/mol. The van der Waals surface area contributed by atoms with Crippen LogP contribution in [0.15, 0.2) is 42.0 Å². The number of carbonyl (C=O) groups is 2. The lowest BCUT2D eigenvalue weighted by Gasteiger charge is -2.41. The van der Waals surface area contributed by atoms with E-state index in [0.29, 0.717) is 52.5 Å². The van der Waals surface area contributed by atoms with E-state index in [1.165, 1.54) is 39.2 Å². The standard InChI is InChI=1S/C39H56N2O9/c1-5-6-7-8-9-10-11-12-13-14-34(44)41(19-17-27-23-28(47-2)15-16-32(27)48-3)31-24-30(39(46)40-18-20-42)35-29-21-26(25-43)22-33(49-4)37(29)50-38(35)36(31)45/h15-16,21-24,31,35-36,38,42-43,45H,5-14,17-20,25H2,1-4H3,(H,40,46). The molecule has 4 atom stereocenters. The summed E-state index contributed by atoms with van der Waals surface area (Å²) in [6, 6.07) is 8.05. The fourth-order valence-corrected chi connectivity index (χ4v) is 7.11. The molecule has 1 aliphatic carbocycles. The third-order valence-electron chi connectivity index (χ3n) is 9.78. The number of aliphatic hydroxyl groups excluding tert-OH is 3. The summed E-state index contributed by atoms with van der Waals surface area (Å²) < 4.78 is 23.0. The number of fused-ring (bicyclic) bond motifs is 3. The number of aliphatic hydroxyl groups is 3. The first kappa shape index (κ1) is 39.0. The van der Waals surface area contributed by atoms with Crippen molar-refractivity contribution >= 4 is 11.8 Å². The number of ether oxygens (including phenoxy) is 4. The van der Waals surface area contributed by atoms with Crippen LogP contribution in [0.4, 0.5) is 0 Å². The number of hydrogen-bond acceptors (Lipinski definition) is 9. The molecule has 4 unspecified atom stereocenters. The van der Waals surface area contributed by atoms with Crippen LogP contribution in [0.1, 0.15) is 93.7 Å². The number of hydrogen-bond donors (Lipinski definition) is 4. The second-order valence-corrected chi connectivity index (χ2v) is 13.1. The number of unbranched alkanes of at least 4 members (excludes halogenated alkanes) is 8. The zero-order valence-corrected chi connectivity index (χ0v) is 30.1. The van der Waals surface area contributed by atoms with Gasteiger partial charge in [0.05, 0.1) is 46.5 Å². The Labute approximate surface area is 296 Å². The number of benzene rings is 2. The van der Waals surface area contributed by atoms with Gasteiger partial charge in [-0.3, -0.25) is 9.59 Å². The van der Waals surface area contributed by atoms with Crippen LogP contribution in [0, 0.1) is 0 Å². The SMILES string of the molecule is CCCCCCCCCCCC(=O)N(CCc1cc(OC)ccc1OC)C1C=C(C(=O)NCCO)C2c3cc(CO)cc(OC)c3OC2C1O. The van der Waals surface area contributed by atoms with Crippen molar-refractivity contribution < 1.29 is 43.9 Å². The van der Waals surface area contributed by atoms with Gasteiger partial charge in [0, 0.05) is 30.6 Å². The summed E-state index contributed by atoms with van der Waals surface area (Å²) in [5.74, 6) is 0.823. The van der Waals surface area contributed by atoms with Gasteiger partial charge < -0.3 is 44.5 Å². The summed E-state index contributed by atoms with van der Waals surface area (Å²) in [6.07, 6.45) is 10.4. The minimum Gasteiger partial charge on any atom is -0.497 e. The molecule has 276 valence electrons. The molecule has 0 saturated carbocycles. The Morgan fingerprint density at radius 3 is 2.24 bits per heavy atom. The van der Waals surface area contributed by atoms with E-state index in [1.54, 1.807) is 37.3 Å². The molecule has 0 saturated heterocycles. The summed E-state index contributed by atoms with van der Waals surface area (Å²) in [4.78, 5) is 29.5. The molecule has 50 heavy (non-hydrogen) atoms. The van der Waals surface area contributed by atoms with Crippen molar-refractivity contribution in [1.29, 1.82) is 0 Å². The van der Waals surface area contributed by atoms with E-state index >= 15 is 0 Å². The molecule has 0 fully saturated rings. The highest BCUT2D eigenvalue weighted by atomic mass is 16.5. The van der Waals surface area contributed by atoms with Gasteiger partial charge in [-0.2, -0.15) is 0 Å². The number of carbonyl (C=O) groups excluding carboxylic acids is 2. The first-order chi connectivity index (χ1) is 24.3. The summed E-state index contributed by atoms with van der Waals surface area (Å²) >= 11 is 0. The lowest BCUT2D eigenvalue weighted by Crippen LogP contribution is -2.56. The van der Waals surface area contributed by atoms with Crippen LogP contribution in [-0.2, 0) is 22.6 Å². The van der Waals surface area contributed by atoms with Gasteiger partial charge in [-0.15, -0.1) is 0 Å². The van der Waals surface area contributed by atoms with Gasteiger partial charge in [0.15, 0.2) is 11.5 Å². The molecule has 2 aliphatic rings. The summed E-state index contributed by atoms with van der Waals surface area (Å²) in [5, 5.41) is 34.2. The van der Waals surface area contributed by atoms with E-state index in [-0.39, 0.29) is 32.2 Å². The number of amides is 2. The maximum Gasteiger partial charge on any atom is 0.247 e. The second-order valence-electron chi connectivity index (χ2n) is 13.1. The van der Waals surface area contributed by atoms with E-state index in [2.05, 4.69) is 12.2 Å². The van der Waals surface area contributed by atoms with Crippen molar-refractivity contribution in [3.05, 3.63) is 58.7 Å². The quantitative estimate of drug-likeness (QED) is 0.135. The largest absolute Gasteiger partial charge is 0.497 e. The van der Waals surface area contributed by atoms with Gasteiger partial charge in [-0.25, -0.2) is 0 Å². The smallest absolute Gasteiger partial charge is 0.247 e. The van der Waals surface area contributed by atoms with E-state index in [1.807, 2.05) is 18.2 Å². The molecule has 4 rings (SSSR count). The molecule has 11 nitrogen and oxygen atoms in total. The second kappa shape index (κ2) is 19.6. The fourth-order valence-electron chi connectivity index (χ4n) is 7.11. The van der Waals surface area contributed by atoms with Crippen molar-refractivity contribution in [2.75, 3.05) is 41.0 Å². The Bertz CT molecular complexity index is 1440. The van der Waals surface area contributed by atoms with Crippen molar-refractivity contribution in [3.63, 3.8) is 0 Å². The molecule has 0 radical (unpaired) electrons. The number of rotatable bonds is 21. The van der Waals surface area contributed by atoms with Crippen molar-refractivity contribution in [2.45, 2.75) is 108 Å². The van der Waals surface area contributed by atoms with Crippen LogP contribution >= 0.6 is 0 Å². The third kappa shape index (κ3) is 9.50. The molecule has 2 amide bonds. The topological polar surface area (TPSA) is 147 Å². The summed E-state index contributed by atoms with van der Waals surface area (Å²) in [6.45, 7) is 1.99. The monoisotopic (exact) mass is 696 g/mol. The fraction of sp³-hybridized carbons (Fsp3) is 0.590. The minimum atomic E-state index is -1.19. The van der Waals surface area contributed by atoms with Crippen LogP contribution in [0.5, 0.6) is 23.0 Å². The van der Waals surface area contributed by atoms with Gasteiger partial charge >= 0.3 is 0 Å². The molecule has 0 aromatic heterocycles. The Kier molecular flexibility index (Phi) is 15.2. The highest BCUT2D eigenvalue weighted by Crippen LogP contribution is 2.51. The summed E-state index contributed by atoms with van der Waals surface area (Å²) in [7, 11) is 4.67. The Morgan fingerprint density at radius 2 is 1.60 bits per heavy atom. The van der Waals surface area contributed by atoms with Crippen LogP contribution in [0.3, 0.4) is 0 Å². The van der Waals surface area contributed by atoms with Gasteiger partial charge in [0.2, 0.25) is 11.8 Å². The molecular weight excluding hydrogens is 640 g/mol. The van der Waals surface area contributed by atoms with Crippen LogP contribution < -0.4 is 24.3 Å². The van der Waals surface area contributed by atoms with Gasteiger partial charge in [0.25, 0.3) is 0 Å². The molecule has 0 bridgehead atoms. The van der Waals surface area contributed by atoms with Crippen molar-refractivity contribution in [3.8, 4) is 23.0 Å². The number of nitrogens with zero attached hydrogens (tertiary/aromatic N) is 1. The van der Waals surface area contributed by atoms with Gasteiger partial charge in [-0.05, 0) is 60.4 Å². The molecule has 4 N–H and O–H groups in total. The maximum atomic E-state index is 14.1. The Morgan fingerprint density at radius 1 is 0.900 bits per heavy atom. The highest BCUT2D eigenvalue weighted by Gasteiger charge is 2.51. The molecule has 1 heterocycles. The van der Waals surface area contributed by atoms with Crippen LogP contribution in [-0.4, -0.2) is 91.3 Å². The van der Waals surface area contributed by atoms with E-state index in [9.17, 15) is 24.9 Å². The maximum absolute atomic E-state index is 14.1. The normalized spacial score (nSPS) is 19.1. The Balaban J connectivity index is 1.64. The average molecular weight is 697 g/mol. The first-order valence-electron chi connectivity index (χ1n) is 18.1. The molecule has 2 aromatic carbocycles. The first-order valence-corrected chi connectivity index (χ1v) is 18.1. The molecule has 2 aromatic rings. The molecule has 0 spiro atoms. The van der Waals surface area contributed by atoms with Gasteiger partial charge in [-0.1, -0.05) is 58.3 Å². The van der Waals surface area contributed by atoms with Gasteiger partial charge in [0.1, 0.15) is 23.7 Å². The predicted octanol–water partition coefficient (Wildman–Crippen LogP) is 4.82. The van der Waals surface area contributed by atoms with E-state index in [0.717, 1.165) is 31.2 Å². The Hall–Kier alpha value is -3.80. The highest BCUT2D eigenvalue weighted by molar-refractivity contribution is 5.96. The molecule has 11 heteroatoms. The zero-order valence-electron chi connectivity index (χ0n) is 30.1. The lowest BCUT2D eigenvalue weighted by atomic mass is 9.77. The molecular formula is C39H56N2O9. The molecule has 1 aliphatic heterocycles. The van der Waals surface area contributed by atoms with Crippen LogP contribution in [0.2, 0.25) is 0 Å². The van der Waals surface area contributed by atoms with E-state index < -0.39 is 30.1 Å². The zero-order chi connectivity index (χ0) is 36.0. The summed E-state index contributed by atoms with van der Waals surface area (Å²) in [5.41, 5.74) is 2.33. The van der Waals surface area contributed by atoms with Crippen LogP contribution in [0.25, 0.3) is 0 Å². The van der Waals surface area contributed by atoms with E-state index in [4.69, 9.17) is 18.9 Å². The lowest BCUT2D eigenvalue weighted by molar-refractivity contribution is -0.137. The minimum absolute atomic E-state index is 0.0331. The van der Waals surface area contributed by atoms with Crippen molar-refractivity contribution in [2.24, 2.45) is 0 Å².